The van der Waals surface area contributed by atoms with Crippen molar-refractivity contribution in [1.29, 1.82) is 0 Å². The van der Waals surface area contributed by atoms with Crippen molar-refractivity contribution in [3.05, 3.63) is 60.2 Å². The maximum absolute atomic E-state index is 13.2. The average Bonchev–Trinajstić information content (AvgIpc) is 2.81. The third kappa shape index (κ3) is 5.88. The fourth-order valence-corrected chi connectivity index (χ4v) is 3.64. The van der Waals surface area contributed by atoms with E-state index in [1.165, 1.54) is 4.90 Å². The van der Waals surface area contributed by atoms with Gasteiger partial charge in [-0.05, 0) is 23.6 Å². The van der Waals surface area contributed by atoms with Crippen molar-refractivity contribution in [3.8, 4) is 0 Å². The summed E-state index contributed by atoms with van der Waals surface area (Å²) in [5.41, 5.74) is 1.80. The van der Waals surface area contributed by atoms with E-state index in [1.807, 2.05) is 37.3 Å². The summed E-state index contributed by atoms with van der Waals surface area (Å²) in [4.78, 5) is 51.4. The minimum atomic E-state index is -1.14. The van der Waals surface area contributed by atoms with Crippen LogP contribution in [0.5, 0.6) is 0 Å². The molecule has 2 aromatic rings. The summed E-state index contributed by atoms with van der Waals surface area (Å²) in [6.45, 7) is 3.38. The Balaban J connectivity index is 1.84. The van der Waals surface area contributed by atoms with Gasteiger partial charge in [-0.15, -0.1) is 0 Å². The third-order valence-electron chi connectivity index (χ3n) is 5.69. The second-order valence-electron chi connectivity index (χ2n) is 8.05. The predicted molar refractivity (Wildman–Crippen MR) is 124 cm³/mol. The molecule has 1 aliphatic heterocycles. The SMILES string of the molecule is CCC(C)[C@H](NC(=O)[C@H](Cc1ccccc1)NC(=O)N1CC(=O)Nc2ccccc21)C(=O)O. The normalized spacial score (nSPS) is 15.5. The van der Waals surface area contributed by atoms with E-state index in [1.54, 1.807) is 31.2 Å². The highest BCUT2D eigenvalue weighted by molar-refractivity contribution is 6.10. The first kappa shape index (κ1) is 23.8. The lowest BCUT2D eigenvalue weighted by Gasteiger charge is -2.31. The second kappa shape index (κ2) is 10.6. The second-order valence-corrected chi connectivity index (χ2v) is 8.05. The largest absolute Gasteiger partial charge is 0.480 e. The van der Waals surface area contributed by atoms with Crippen LogP contribution in [-0.2, 0) is 20.8 Å². The first-order valence-electron chi connectivity index (χ1n) is 10.8. The van der Waals surface area contributed by atoms with Gasteiger partial charge in [0.25, 0.3) is 0 Å². The maximum Gasteiger partial charge on any atom is 0.326 e. The molecule has 4 amide bonds. The number of fused-ring (bicyclic) bond motifs is 1. The zero-order valence-electron chi connectivity index (χ0n) is 18.6. The van der Waals surface area contributed by atoms with Crippen molar-refractivity contribution < 1.29 is 24.3 Å². The number of carboxylic acids is 1. The van der Waals surface area contributed by atoms with Gasteiger partial charge < -0.3 is 21.1 Å². The fraction of sp³-hybridized carbons (Fsp3) is 0.333. The molecule has 0 aliphatic carbocycles. The maximum atomic E-state index is 13.2. The Labute approximate surface area is 192 Å². The number of anilines is 2. The van der Waals surface area contributed by atoms with E-state index >= 15 is 0 Å². The Morgan fingerprint density at radius 1 is 1.06 bits per heavy atom. The zero-order valence-corrected chi connectivity index (χ0v) is 18.6. The number of hydrogen-bond acceptors (Lipinski definition) is 4. The van der Waals surface area contributed by atoms with E-state index in [0.29, 0.717) is 17.8 Å². The van der Waals surface area contributed by atoms with Crippen LogP contribution in [0.3, 0.4) is 0 Å². The molecule has 0 saturated carbocycles. The summed E-state index contributed by atoms with van der Waals surface area (Å²) in [6.07, 6.45) is 0.722. The van der Waals surface area contributed by atoms with Crippen LogP contribution < -0.4 is 20.9 Å². The lowest BCUT2D eigenvalue weighted by atomic mass is 9.98. The number of rotatable bonds is 8. The summed E-state index contributed by atoms with van der Waals surface area (Å²) in [5.74, 6) is -2.38. The number of nitrogens with zero attached hydrogens (tertiary/aromatic N) is 1. The molecule has 0 bridgehead atoms. The summed E-state index contributed by atoms with van der Waals surface area (Å²) < 4.78 is 0. The van der Waals surface area contributed by atoms with Gasteiger partial charge in [-0.25, -0.2) is 9.59 Å². The smallest absolute Gasteiger partial charge is 0.326 e. The van der Waals surface area contributed by atoms with Crippen LogP contribution >= 0.6 is 0 Å². The lowest BCUT2D eigenvalue weighted by molar-refractivity contribution is -0.143. The zero-order chi connectivity index (χ0) is 24.0. The molecule has 0 saturated heterocycles. The molecular weight excluding hydrogens is 424 g/mol. The Morgan fingerprint density at radius 3 is 2.39 bits per heavy atom. The molecule has 33 heavy (non-hydrogen) atoms. The van der Waals surface area contributed by atoms with Gasteiger partial charge in [-0.2, -0.15) is 0 Å². The topological polar surface area (TPSA) is 128 Å². The van der Waals surface area contributed by atoms with Gasteiger partial charge in [0.15, 0.2) is 0 Å². The van der Waals surface area contributed by atoms with Crippen molar-refractivity contribution in [3.63, 3.8) is 0 Å². The monoisotopic (exact) mass is 452 g/mol. The Kier molecular flexibility index (Phi) is 7.66. The van der Waals surface area contributed by atoms with Gasteiger partial charge in [0, 0.05) is 6.42 Å². The molecule has 174 valence electrons. The summed E-state index contributed by atoms with van der Waals surface area (Å²) in [6, 6.07) is 13.2. The number of urea groups is 1. The van der Waals surface area contributed by atoms with Crippen LogP contribution in [0.4, 0.5) is 16.2 Å². The Hall–Kier alpha value is -3.88. The number of aliphatic carboxylic acids is 1. The molecular formula is C24H28N4O5. The van der Waals surface area contributed by atoms with Gasteiger partial charge in [0.2, 0.25) is 11.8 Å². The number of nitrogens with one attached hydrogen (secondary N) is 3. The minimum Gasteiger partial charge on any atom is -0.480 e. The van der Waals surface area contributed by atoms with Crippen molar-refractivity contribution in [2.45, 2.75) is 38.8 Å². The van der Waals surface area contributed by atoms with Gasteiger partial charge in [-0.3, -0.25) is 14.5 Å². The summed E-state index contributed by atoms with van der Waals surface area (Å²) in [5, 5.41) is 17.5. The van der Waals surface area contributed by atoms with Crippen molar-refractivity contribution in [1.82, 2.24) is 10.6 Å². The molecule has 4 N–H and O–H groups in total. The molecule has 0 radical (unpaired) electrons. The number of carboxylic acid groups (broad SMARTS) is 1. The van der Waals surface area contributed by atoms with Gasteiger partial charge in [0.1, 0.15) is 18.6 Å². The molecule has 3 rings (SSSR count). The molecule has 3 atom stereocenters. The lowest BCUT2D eigenvalue weighted by Crippen LogP contribution is -2.57. The van der Waals surface area contributed by atoms with Gasteiger partial charge >= 0.3 is 12.0 Å². The average molecular weight is 453 g/mol. The molecule has 2 aromatic carbocycles. The number of hydrogen-bond donors (Lipinski definition) is 4. The predicted octanol–water partition coefficient (Wildman–Crippen LogP) is 2.38. The van der Waals surface area contributed by atoms with E-state index in [-0.39, 0.29) is 24.8 Å². The summed E-state index contributed by atoms with van der Waals surface area (Å²) >= 11 is 0. The highest BCUT2D eigenvalue weighted by atomic mass is 16.4. The highest BCUT2D eigenvalue weighted by Gasteiger charge is 2.32. The quantitative estimate of drug-likeness (QED) is 0.489. The number of carbonyl (C=O) groups is 4. The fourth-order valence-electron chi connectivity index (χ4n) is 3.64. The van der Waals surface area contributed by atoms with E-state index in [0.717, 1.165) is 5.56 Å². The molecule has 1 heterocycles. The number of amides is 4. The Bertz CT molecular complexity index is 1030. The first-order valence-corrected chi connectivity index (χ1v) is 10.8. The van der Waals surface area contributed by atoms with Crippen molar-refractivity contribution in [2.24, 2.45) is 5.92 Å². The minimum absolute atomic E-state index is 0.160. The first-order chi connectivity index (χ1) is 15.8. The van der Waals surface area contributed by atoms with E-state index < -0.39 is 30.0 Å². The summed E-state index contributed by atoms with van der Waals surface area (Å²) in [7, 11) is 0. The third-order valence-corrected chi connectivity index (χ3v) is 5.69. The molecule has 0 spiro atoms. The Morgan fingerprint density at radius 2 is 1.73 bits per heavy atom. The molecule has 1 aliphatic rings. The van der Waals surface area contributed by atoms with Gasteiger partial charge in [-0.1, -0.05) is 62.7 Å². The van der Waals surface area contributed by atoms with Crippen LogP contribution in [0.1, 0.15) is 25.8 Å². The van der Waals surface area contributed by atoms with Crippen LogP contribution in [0.25, 0.3) is 0 Å². The van der Waals surface area contributed by atoms with Crippen LogP contribution in [-0.4, -0.2) is 47.5 Å². The van der Waals surface area contributed by atoms with Crippen molar-refractivity contribution >= 4 is 35.2 Å². The van der Waals surface area contributed by atoms with Gasteiger partial charge in [0.05, 0.1) is 11.4 Å². The molecule has 0 aromatic heterocycles. The molecule has 9 nitrogen and oxygen atoms in total. The van der Waals surface area contributed by atoms with E-state index in [2.05, 4.69) is 16.0 Å². The molecule has 0 fully saturated rings. The number of carbonyl (C=O) groups excluding carboxylic acids is 3. The number of para-hydroxylation sites is 2. The highest BCUT2D eigenvalue weighted by Crippen LogP contribution is 2.28. The molecule has 9 heteroatoms. The van der Waals surface area contributed by atoms with Crippen LogP contribution in [0.15, 0.2) is 54.6 Å². The van der Waals surface area contributed by atoms with Crippen LogP contribution in [0.2, 0.25) is 0 Å². The van der Waals surface area contributed by atoms with E-state index in [4.69, 9.17) is 0 Å². The molecule has 1 unspecified atom stereocenters. The van der Waals surface area contributed by atoms with E-state index in [9.17, 15) is 24.3 Å². The van der Waals surface area contributed by atoms with Crippen molar-refractivity contribution in [2.75, 3.05) is 16.8 Å². The number of benzene rings is 2. The van der Waals surface area contributed by atoms with Crippen LogP contribution in [0, 0.1) is 5.92 Å². The standard InChI is InChI=1S/C24H28N4O5/c1-3-15(2)21(23(31)32)27-22(30)18(13-16-9-5-4-6-10-16)26-24(33)28-14-20(29)25-17-11-7-8-12-19(17)28/h4-12,15,18,21H,3,13-14H2,1-2H3,(H,25,29)(H,26,33)(H,27,30)(H,31,32)/t15?,18-,21-/m0/s1.